The Bertz CT molecular complexity index is 1160. The summed E-state index contributed by atoms with van der Waals surface area (Å²) < 4.78 is 5.52. The van der Waals surface area contributed by atoms with E-state index in [0.29, 0.717) is 5.02 Å². The second-order valence-corrected chi connectivity index (χ2v) is 7.96. The van der Waals surface area contributed by atoms with Gasteiger partial charge in [-0.2, -0.15) is 15.6 Å². The van der Waals surface area contributed by atoms with Crippen LogP contribution in [-0.4, -0.2) is 29.3 Å². The highest BCUT2D eigenvalue weighted by atomic mass is 35.5. The number of hydrogen-bond donors (Lipinski definition) is 0. The van der Waals surface area contributed by atoms with Gasteiger partial charge in [-0.05, 0) is 47.7 Å². The first-order valence-corrected chi connectivity index (χ1v) is 10.2. The second-order valence-electron chi connectivity index (χ2n) is 7.53. The fourth-order valence-corrected chi connectivity index (χ4v) is 4.66. The van der Waals surface area contributed by atoms with Crippen molar-refractivity contribution in [2.75, 3.05) is 6.61 Å². The minimum Gasteiger partial charge on any atom is -0.465 e. The Balaban J connectivity index is 2.01. The third-order valence-electron chi connectivity index (χ3n) is 6.00. The third kappa shape index (κ3) is 2.84. The summed E-state index contributed by atoms with van der Waals surface area (Å²) in [7, 11) is 0. The van der Waals surface area contributed by atoms with Crippen molar-refractivity contribution in [2.24, 2.45) is 10.5 Å². The van der Waals surface area contributed by atoms with Crippen LogP contribution in [0.2, 0.25) is 5.02 Å². The molecule has 4 rings (SSSR count). The quantitative estimate of drug-likeness (QED) is 0.536. The molecule has 0 N–H and O–H groups in total. The van der Waals surface area contributed by atoms with Gasteiger partial charge < -0.3 is 4.74 Å². The average Bonchev–Trinajstić information content (AvgIpc) is 3.01. The summed E-state index contributed by atoms with van der Waals surface area (Å²) in [6.07, 6.45) is 1.78. The zero-order valence-electron chi connectivity index (χ0n) is 16.9. The molecule has 0 amide bonds. The molecule has 0 radical (unpaired) electrons. The number of carbonyl (C=O) groups is 1. The monoisotopic (exact) mass is 430 g/mol. The van der Waals surface area contributed by atoms with Gasteiger partial charge >= 0.3 is 5.97 Å². The average molecular weight is 431 g/mol. The summed E-state index contributed by atoms with van der Waals surface area (Å²) in [5, 5.41) is 26.6. The number of ether oxygens (including phenoxy) is 1. The van der Waals surface area contributed by atoms with E-state index in [1.54, 1.807) is 25.3 Å². The molecule has 0 spiro atoms. The standard InChI is InChI=1S/C24H19ClN4O2/c1-3-31-22(30)24(12-17-8-10-19(25)11-9-17)16(2)23(14-26,15-27)29-21(24)20-7-5-4-6-18(20)13-28-29/h4-11,13,21H,2-3,12H2,1H3/t21-,24-/m0/s1. The molecule has 2 aromatic carbocycles. The summed E-state index contributed by atoms with van der Waals surface area (Å²) in [5.41, 5.74) is -0.646. The first-order chi connectivity index (χ1) is 14.9. The molecule has 1 saturated heterocycles. The molecular formula is C24H19ClN4O2. The molecule has 2 aromatic rings. The Hall–Kier alpha value is -3.61. The first-order valence-electron chi connectivity index (χ1n) is 9.81. The van der Waals surface area contributed by atoms with Crippen molar-refractivity contribution in [3.8, 4) is 12.1 Å². The molecular weight excluding hydrogens is 412 g/mol. The Morgan fingerprint density at radius 2 is 1.90 bits per heavy atom. The number of hydrazone groups is 1. The predicted molar refractivity (Wildman–Crippen MR) is 116 cm³/mol. The zero-order valence-corrected chi connectivity index (χ0v) is 17.6. The molecule has 0 unspecified atom stereocenters. The van der Waals surface area contributed by atoms with E-state index in [9.17, 15) is 15.3 Å². The van der Waals surface area contributed by atoms with E-state index in [1.807, 2.05) is 36.4 Å². The van der Waals surface area contributed by atoms with E-state index in [4.69, 9.17) is 16.3 Å². The molecule has 7 heteroatoms. The maximum absolute atomic E-state index is 13.6. The van der Waals surface area contributed by atoms with Gasteiger partial charge in [0.2, 0.25) is 0 Å². The van der Waals surface area contributed by atoms with Gasteiger partial charge in [0.25, 0.3) is 5.54 Å². The molecule has 2 heterocycles. The lowest BCUT2D eigenvalue weighted by Crippen LogP contribution is -2.42. The lowest BCUT2D eigenvalue weighted by molar-refractivity contribution is -0.155. The van der Waals surface area contributed by atoms with Crippen LogP contribution in [0.5, 0.6) is 0 Å². The topological polar surface area (TPSA) is 89.5 Å². The number of hydrogen-bond acceptors (Lipinski definition) is 6. The van der Waals surface area contributed by atoms with Crippen LogP contribution in [0.4, 0.5) is 0 Å². The van der Waals surface area contributed by atoms with Gasteiger partial charge in [0.1, 0.15) is 17.6 Å². The van der Waals surface area contributed by atoms with Gasteiger partial charge in [0.15, 0.2) is 0 Å². The number of esters is 1. The van der Waals surface area contributed by atoms with E-state index in [2.05, 4.69) is 23.8 Å². The van der Waals surface area contributed by atoms with Crippen molar-refractivity contribution in [1.29, 1.82) is 10.5 Å². The Morgan fingerprint density at radius 1 is 1.23 bits per heavy atom. The highest BCUT2D eigenvalue weighted by Gasteiger charge is 2.69. The minimum absolute atomic E-state index is 0.151. The van der Waals surface area contributed by atoms with Gasteiger partial charge in [-0.15, -0.1) is 0 Å². The molecule has 2 aliphatic rings. The van der Waals surface area contributed by atoms with E-state index in [-0.39, 0.29) is 18.6 Å². The Morgan fingerprint density at radius 3 is 2.55 bits per heavy atom. The van der Waals surface area contributed by atoms with Gasteiger partial charge in [-0.3, -0.25) is 9.80 Å². The molecule has 0 saturated carbocycles. The zero-order chi connectivity index (χ0) is 22.2. The summed E-state index contributed by atoms with van der Waals surface area (Å²) in [6.45, 7) is 6.00. The fourth-order valence-electron chi connectivity index (χ4n) is 4.54. The van der Waals surface area contributed by atoms with E-state index in [1.165, 1.54) is 5.01 Å². The Kier molecular flexibility index (Phi) is 5.05. The highest BCUT2D eigenvalue weighted by molar-refractivity contribution is 6.30. The van der Waals surface area contributed by atoms with Gasteiger partial charge in [0.05, 0.1) is 18.9 Å². The van der Waals surface area contributed by atoms with Gasteiger partial charge in [-0.1, -0.05) is 54.6 Å². The number of nitrogens with zero attached hydrogens (tertiary/aromatic N) is 4. The molecule has 31 heavy (non-hydrogen) atoms. The number of fused-ring (bicyclic) bond motifs is 3. The molecule has 0 bridgehead atoms. The molecule has 2 aliphatic heterocycles. The first kappa shape index (κ1) is 20.7. The van der Waals surface area contributed by atoms with Crippen LogP contribution in [0.1, 0.15) is 29.7 Å². The Labute approximate surface area is 185 Å². The molecule has 154 valence electrons. The SMILES string of the molecule is C=C1C(C#N)(C#N)N2N=Cc3ccccc3[C@H]2[C@@]1(Cc1ccc(Cl)cc1)C(=O)OCC. The number of carbonyl (C=O) groups excluding carboxylic acids is 1. The van der Waals surface area contributed by atoms with Crippen molar-refractivity contribution >= 4 is 23.8 Å². The summed E-state index contributed by atoms with van der Waals surface area (Å²) in [6, 6.07) is 18.0. The summed E-state index contributed by atoms with van der Waals surface area (Å²) in [4.78, 5) is 13.6. The van der Waals surface area contributed by atoms with Crippen LogP contribution >= 0.6 is 11.6 Å². The maximum Gasteiger partial charge on any atom is 0.319 e. The van der Waals surface area contributed by atoms with Crippen molar-refractivity contribution in [1.82, 2.24) is 5.01 Å². The summed E-state index contributed by atoms with van der Waals surface area (Å²) in [5.74, 6) is -0.538. The van der Waals surface area contributed by atoms with Crippen LogP contribution < -0.4 is 0 Å². The van der Waals surface area contributed by atoms with Gasteiger partial charge in [0, 0.05) is 5.02 Å². The van der Waals surface area contributed by atoms with Crippen molar-refractivity contribution in [3.05, 3.63) is 82.4 Å². The summed E-state index contributed by atoms with van der Waals surface area (Å²) >= 11 is 6.05. The minimum atomic E-state index is -1.81. The van der Waals surface area contributed by atoms with Crippen LogP contribution in [-0.2, 0) is 16.0 Å². The second kappa shape index (κ2) is 7.58. The molecule has 0 aromatic heterocycles. The lowest BCUT2D eigenvalue weighted by atomic mass is 9.67. The largest absolute Gasteiger partial charge is 0.465 e. The normalized spacial score (nSPS) is 22.8. The third-order valence-corrected chi connectivity index (χ3v) is 6.25. The smallest absolute Gasteiger partial charge is 0.319 e. The van der Waals surface area contributed by atoms with Gasteiger partial charge in [-0.25, -0.2) is 0 Å². The number of nitriles is 2. The van der Waals surface area contributed by atoms with Crippen LogP contribution in [0.25, 0.3) is 0 Å². The van der Waals surface area contributed by atoms with Crippen LogP contribution in [0, 0.1) is 28.1 Å². The molecule has 0 aliphatic carbocycles. The van der Waals surface area contributed by atoms with E-state index >= 15 is 0 Å². The van der Waals surface area contributed by atoms with E-state index < -0.39 is 23.0 Å². The lowest BCUT2D eigenvalue weighted by Gasteiger charge is -2.37. The highest BCUT2D eigenvalue weighted by Crippen LogP contribution is 2.60. The number of halogens is 1. The predicted octanol–water partition coefficient (Wildman–Crippen LogP) is 4.18. The van der Waals surface area contributed by atoms with Crippen molar-refractivity contribution in [2.45, 2.75) is 24.9 Å². The molecule has 2 atom stereocenters. The van der Waals surface area contributed by atoms with Crippen molar-refractivity contribution in [3.63, 3.8) is 0 Å². The van der Waals surface area contributed by atoms with Crippen molar-refractivity contribution < 1.29 is 9.53 Å². The molecule has 1 fully saturated rings. The van der Waals surface area contributed by atoms with Crippen LogP contribution in [0.15, 0.2) is 65.8 Å². The number of benzene rings is 2. The van der Waals surface area contributed by atoms with Crippen LogP contribution in [0.3, 0.4) is 0 Å². The van der Waals surface area contributed by atoms with E-state index in [0.717, 1.165) is 16.7 Å². The molecule has 6 nitrogen and oxygen atoms in total. The maximum atomic E-state index is 13.6. The number of rotatable bonds is 4. The fraction of sp³-hybridized carbons (Fsp3) is 0.250.